The summed E-state index contributed by atoms with van der Waals surface area (Å²) < 4.78 is 53.8. The fourth-order valence-electron chi connectivity index (χ4n) is 7.47. The summed E-state index contributed by atoms with van der Waals surface area (Å²) in [5.41, 5.74) is 1.27. The Morgan fingerprint density at radius 3 is 2.73 bits per heavy atom. The van der Waals surface area contributed by atoms with E-state index < -0.39 is 17.2 Å². The number of pyridine rings is 3. The van der Waals surface area contributed by atoms with Crippen molar-refractivity contribution in [3.05, 3.63) is 59.7 Å². The van der Waals surface area contributed by atoms with Crippen LogP contribution in [0.5, 0.6) is 11.6 Å². The number of amides is 1. The number of hydrogen-bond donors (Lipinski definition) is 1. The number of piperidine rings is 1. The number of aromatic nitrogens is 3. The maximum atomic E-state index is 14.3. The lowest BCUT2D eigenvalue weighted by Gasteiger charge is -2.53. The number of rotatable bonds is 8. The molecule has 3 aliphatic heterocycles. The number of carbonyl (C=O) groups excluding carboxylic acids is 1. The standard InChI is InChI=1S/C33H39F3N6O3/c1-4-21-18-41(26-16-37-17-27(44-3)28(26)33(34,35)36)15-12-32(21)20-42(19-22-8-6-13-38-22)31(43)29-24(32)10-11-25(40-29)23-9-7-14-39-30(23)45-5-2/h7,9-11,14,16-17,21-22,38H,4-6,8,12-13,15,18-20H2,1-3H3/t21?,22-,32?/m1/s1. The number of hydrogen-bond acceptors (Lipinski definition) is 8. The first kappa shape index (κ1) is 31.1. The van der Waals surface area contributed by atoms with Crippen LogP contribution in [0.4, 0.5) is 18.9 Å². The topological polar surface area (TPSA) is 92.7 Å². The molecule has 2 unspecified atom stereocenters. The molecule has 0 radical (unpaired) electrons. The van der Waals surface area contributed by atoms with Crippen LogP contribution in [0.1, 0.15) is 61.1 Å². The predicted molar refractivity (Wildman–Crippen MR) is 164 cm³/mol. The maximum Gasteiger partial charge on any atom is 0.422 e. The zero-order valence-electron chi connectivity index (χ0n) is 25.9. The van der Waals surface area contributed by atoms with Gasteiger partial charge in [0.1, 0.15) is 11.3 Å². The van der Waals surface area contributed by atoms with Gasteiger partial charge in [0.15, 0.2) is 5.75 Å². The molecule has 6 rings (SSSR count). The van der Waals surface area contributed by atoms with Crippen LogP contribution in [0.3, 0.4) is 0 Å². The Labute approximate surface area is 261 Å². The zero-order chi connectivity index (χ0) is 31.8. The molecule has 3 atom stereocenters. The van der Waals surface area contributed by atoms with Gasteiger partial charge in [-0.2, -0.15) is 13.2 Å². The molecule has 1 spiro atoms. The molecule has 12 heteroatoms. The van der Waals surface area contributed by atoms with E-state index in [-0.39, 0.29) is 29.3 Å². The molecule has 9 nitrogen and oxygen atoms in total. The van der Waals surface area contributed by atoms with Gasteiger partial charge in [0.2, 0.25) is 5.88 Å². The summed E-state index contributed by atoms with van der Waals surface area (Å²) in [6.07, 6.45) is 2.73. The summed E-state index contributed by atoms with van der Waals surface area (Å²) in [7, 11) is 1.23. The van der Waals surface area contributed by atoms with Crippen LogP contribution in [-0.4, -0.2) is 78.2 Å². The van der Waals surface area contributed by atoms with E-state index in [4.69, 9.17) is 14.5 Å². The SMILES string of the molecule is CCOc1ncccc1-c1ccc2c(n1)C(=O)N(C[C@H]1CCCN1)CC21CCN(c2cncc(OC)c2C(F)(F)F)CC1CC. The Kier molecular flexibility index (Phi) is 8.60. The molecule has 3 aromatic heterocycles. The van der Waals surface area contributed by atoms with Crippen molar-refractivity contribution in [2.45, 2.75) is 57.2 Å². The smallest absolute Gasteiger partial charge is 0.422 e. The number of alkyl halides is 3. The minimum atomic E-state index is -4.61. The van der Waals surface area contributed by atoms with Crippen molar-refractivity contribution in [1.82, 2.24) is 25.2 Å². The van der Waals surface area contributed by atoms with Gasteiger partial charge >= 0.3 is 6.18 Å². The number of methoxy groups -OCH3 is 1. The Hall–Kier alpha value is -3.93. The highest BCUT2D eigenvalue weighted by molar-refractivity contribution is 5.96. The Balaban J connectivity index is 1.42. The second kappa shape index (κ2) is 12.5. The highest BCUT2D eigenvalue weighted by Gasteiger charge is 2.52. The first-order valence-corrected chi connectivity index (χ1v) is 15.7. The van der Waals surface area contributed by atoms with Gasteiger partial charge in [-0.25, -0.2) is 9.97 Å². The number of carbonyl (C=O) groups is 1. The molecule has 1 N–H and O–H groups in total. The summed E-state index contributed by atoms with van der Waals surface area (Å²) in [6, 6.07) is 7.79. The Morgan fingerprint density at radius 1 is 1.18 bits per heavy atom. The molecule has 1 amide bonds. The number of halogens is 3. The van der Waals surface area contributed by atoms with Crippen molar-refractivity contribution in [2.24, 2.45) is 5.92 Å². The highest BCUT2D eigenvalue weighted by Crippen LogP contribution is 2.49. The lowest BCUT2D eigenvalue weighted by molar-refractivity contribution is -0.138. The second-order valence-corrected chi connectivity index (χ2v) is 12.1. The molecule has 0 aliphatic carbocycles. The first-order chi connectivity index (χ1) is 21.7. The van der Waals surface area contributed by atoms with Crippen LogP contribution in [0.2, 0.25) is 0 Å². The van der Waals surface area contributed by atoms with Gasteiger partial charge < -0.3 is 24.6 Å². The minimum Gasteiger partial charge on any atom is -0.494 e. The van der Waals surface area contributed by atoms with Crippen LogP contribution in [-0.2, 0) is 11.6 Å². The Morgan fingerprint density at radius 2 is 2.02 bits per heavy atom. The van der Waals surface area contributed by atoms with Crippen molar-refractivity contribution >= 4 is 11.6 Å². The van der Waals surface area contributed by atoms with Gasteiger partial charge in [0.25, 0.3) is 5.91 Å². The molecule has 0 saturated carbocycles. The average Bonchev–Trinajstić information content (AvgIpc) is 3.56. The third kappa shape index (κ3) is 5.69. The quantitative estimate of drug-likeness (QED) is 0.359. The normalized spacial score (nSPS) is 23.4. The van der Waals surface area contributed by atoms with E-state index in [0.29, 0.717) is 68.5 Å². The second-order valence-electron chi connectivity index (χ2n) is 12.1. The van der Waals surface area contributed by atoms with Crippen LogP contribution < -0.4 is 19.7 Å². The fourth-order valence-corrected chi connectivity index (χ4v) is 7.47. The number of nitrogens with one attached hydrogen (secondary N) is 1. The van der Waals surface area contributed by atoms with Crippen LogP contribution in [0.15, 0.2) is 42.9 Å². The van der Waals surface area contributed by atoms with Gasteiger partial charge in [-0.05, 0) is 62.4 Å². The first-order valence-electron chi connectivity index (χ1n) is 15.7. The van der Waals surface area contributed by atoms with Crippen LogP contribution >= 0.6 is 0 Å². The van der Waals surface area contributed by atoms with E-state index in [2.05, 4.69) is 22.2 Å². The van der Waals surface area contributed by atoms with E-state index in [9.17, 15) is 18.0 Å². The van der Waals surface area contributed by atoms with E-state index in [1.807, 2.05) is 36.1 Å². The average molecular weight is 625 g/mol. The van der Waals surface area contributed by atoms with Crippen molar-refractivity contribution < 1.29 is 27.4 Å². The molecule has 3 aromatic rings. The third-order valence-electron chi connectivity index (χ3n) is 9.60. The molecule has 0 aromatic carbocycles. The number of ether oxygens (including phenoxy) is 2. The van der Waals surface area contributed by atoms with E-state index in [0.717, 1.165) is 31.1 Å². The Bertz CT molecular complexity index is 1550. The molecule has 2 fully saturated rings. The lowest BCUT2D eigenvalue weighted by atomic mass is 9.62. The zero-order valence-corrected chi connectivity index (χ0v) is 25.9. The van der Waals surface area contributed by atoms with Gasteiger partial charge in [0.05, 0.1) is 43.1 Å². The van der Waals surface area contributed by atoms with Crippen molar-refractivity contribution in [3.63, 3.8) is 0 Å². The maximum absolute atomic E-state index is 14.3. The highest BCUT2D eigenvalue weighted by atomic mass is 19.4. The van der Waals surface area contributed by atoms with Crippen molar-refractivity contribution in [3.8, 4) is 22.9 Å². The monoisotopic (exact) mass is 624 g/mol. The number of anilines is 1. The summed E-state index contributed by atoms with van der Waals surface area (Å²) in [4.78, 5) is 31.3. The third-order valence-corrected chi connectivity index (χ3v) is 9.60. The van der Waals surface area contributed by atoms with Crippen molar-refractivity contribution in [1.29, 1.82) is 0 Å². The van der Waals surface area contributed by atoms with E-state index in [1.54, 1.807) is 11.1 Å². The van der Waals surface area contributed by atoms with E-state index >= 15 is 0 Å². The molecule has 6 heterocycles. The molecule has 0 bridgehead atoms. The summed E-state index contributed by atoms with van der Waals surface area (Å²) >= 11 is 0. The molecular formula is C33H39F3N6O3. The molecule has 45 heavy (non-hydrogen) atoms. The fraction of sp³-hybridized carbons (Fsp3) is 0.515. The summed E-state index contributed by atoms with van der Waals surface area (Å²) in [5.74, 6) is -0.0311. The van der Waals surface area contributed by atoms with Crippen LogP contribution in [0, 0.1) is 5.92 Å². The van der Waals surface area contributed by atoms with Crippen LogP contribution in [0.25, 0.3) is 11.3 Å². The number of nitrogens with zero attached hydrogens (tertiary/aromatic N) is 5. The lowest BCUT2D eigenvalue weighted by Crippen LogP contribution is -2.60. The predicted octanol–water partition coefficient (Wildman–Crippen LogP) is 5.35. The van der Waals surface area contributed by atoms with Crippen molar-refractivity contribution in [2.75, 3.05) is 51.3 Å². The summed E-state index contributed by atoms with van der Waals surface area (Å²) in [5, 5.41) is 3.51. The largest absolute Gasteiger partial charge is 0.494 e. The van der Waals surface area contributed by atoms with E-state index in [1.165, 1.54) is 13.3 Å². The van der Waals surface area contributed by atoms with Gasteiger partial charge in [0, 0.05) is 43.8 Å². The summed E-state index contributed by atoms with van der Waals surface area (Å²) in [6.45, 7) is 7.08. The molecule has 240 valence electrons. The number of fused-ring (bicyclic) bond motifs is 2. The van der Waals surface area contributed by atoms with Gasteiger partial charge in [-0.3, -0.25) is 9.78 Å². The minimum absolute atomic E-state index is 0.0165. The van der Waals surface area contributed by atoms with Gasteiger partial charge in [-0.1, -0.05) is 19.4 Å². The van der Waals surface area contributed by atoms with Gasteiger partial charge in [-0.15, -0.1) is 0 Å². The molecule has 2 saturated heterocycles. The molecular weight excluding hydrogens is 585 g/mol. The molecule has 3 aliphatic rings.